The van der Waals surface area contributed by atoms with Crippen molar-refractivity contribution in [2.45, 2.75) is 129 Å². The van der Waals surface area contributed by atoms with Crippen molar-refractivity contribution in [1.29, 1.82) is 0 Å². The fourth-order valence-electron chi connectivity index (χ4n) is 9.11. The number of hydrogen-bond acceptors (Lipinski definition) is 12. The number of carbonyl (C=O) groups excluding carboxylic acids is 2. The van der Waals surface area contributed by atoms with Gasteiger partial charge in [-0.3, -0.25) is 9.59 Å². The number of benzene rings is 4. The average Bonchev–Trinajstić information content (AvgIpc) is 3.42. The Labute approximate surface area is 439 Å². The molecule has 2 aromatic heterocycles. The second-order valence-electron chi connectivity index (χ2n) is 18.9. The molecule has 4 aromatic carbocycles. The summed E-state index contributed by atoms with van der Waals surface area (Å²) in [5, 5.41) is 0. The smallest absolute Gasteiger partial charge is 0.416 e. The van der Waals surface area contributed by atoms with Crippen molar-refractivity contribution in [2.24, 2.45) is 0 Å². The van der Waals surface area contributed by atoms with Crippen molar-refractivity contribution < 1.29 is 54.9 Å². The van der Waals surface area contributed by atoms with Crippen LogP contribution in [0.2, 0.25) is 0 Å². The largest absolute Gasteiger partial charge is 0.490 e. The summed E-state index contributed by atoms with van der Waals surface area (Å²) in [6.07, 6.45) is 7.20. The summed E-state index contributed by atoms with van der Waals surface area (Å²) in [7, 11) is 2.76. The van der Waals surface area contributed by atoms with Crippen molar-refractivity contribution >= 4 is 23.8 Å². The molecule has 0 spiro atoms. The third-order valence-electron chi connectivity index (χ3n) is 13.5. The monoisotopic (exact) mass is 1050 g/mol. The van der Waals surface area contributed by atoms with Crippen LogP contribution in [0.4, 0.5) is 38.2 Å². The van der Waals surface area contributed by atoms with Gasteiger partial charge in [0.25, 0.3) is 0 Å². The highest BCUT2D eigenvalue weighted by Gasteiger charge is 2.31. The predicted molar refractivity (Wildman–Crippen MR) is 276 cm³/mol. The lowest BCUT2D eigenvalue weighted by Gasteiger charge is -2.29. The number of halogens is 6. The van der Waals surface area contributed by atoms with Crippen LogP contribution >= 0.6 is 0 Å². The van der Waals surface area contributed by atoms with Crippen LogP contribution in [0.5, 0.6) is 11.5 Å². The first kappa shape index (κ1) is 56.5. The molecule has 12 nitrogen and oxygen atoms in total. The Morgan fingerprint density at radius 2 is 1.04 bits per heavy atom. The minimum atomic E-state index is -4.37. The van der Waals surface area contributed by atoms with Gasteiger partial charge in [0.2, 0.25) is 11.9 Å². The molecule has 2 atom stereocenters. The highest BCUT2D eigenvalue weighted by molar-refractivity contribution is 5.73. The van der Waals surface area contributed by atoms with Crippen molar-refractivity contribution in [3.63, 3.8) is 0 Å². The van der Waals surface area contributed by atoms with Gasteiger partial charge in [0.15, 0.2) is 0 Å². The Hall–Kier alpha value is -7.24. The number of ether oxygens (including phenoxy) is 4. The number of alkyl halides is 6. The van der Waals surface area contributed by atoms with Crippen LogP contribution in [0.1, 0.15) is 108 Å². The zero-order valence-corrected chi connectivity index (χ0v) is 43.3. The van der Waals surface area contributed by atoms with E-state index in [0.717, 1.165) is 144 Å². The predicted octanol–water partition coefficient (Wildman–Crippen LogP) is 11.9. The Morgan fingerprint density at radius 3 is 1.51 bits per heavy atom. The minimum Gasteiger partial charge on any atom is -0.490 e. The molecule has 0 amide bonds. The quantitative estimate of drug-likeness (QED) is 0.0533. The van der Waals surface area contributed by atoms with Gasteiger partial charge in [-0.2, -0.15) is 26.3 Å². The molecule has 0 bridgehead atoms. The summed E-state index contributed by atoms with van der Waals surface area (Å²) in [6.45, 7) is 6.10. The summed E-state index contributed by atoms with van der Waals surface area (Å²) in [6, 6.07) is 22.1. The number of nitrogens with zero attached hydrogens (tertiary/aromatic N) is 6. The number of esters is 2. The number of aromatic nitrogens is 4. The molecule has 0 aliphatic carbocycles. The van der Waals surface area contributed by atoms with Gasteiger partial charge in [-0.05, 0) is 145 Å². The molecule has 6 aromatic rings. The van der Waals surface area contributed by atoms with Crippen molar-refractivity contribution in [1.82, 2.24) is 19.9 Å². The number of hydrogen-bond donors (Lipinski definition) is 0. The van der Waals surface area contributed by atoms with E-state index in [9.17, 15) is 35.9 Å². The molecule has 18 heteroatoms. The third kappa shape index (κ3) is 16.1. The van der Waals surface area contributed by atoms with E-state index >= 15 is 0 Å². The number of aryl methyl sites for hydroxylation is 3. The normalized spacial score (nSPS) is 14.9. The van der Waals surface area contributed by atoms with Gasteiger partial charge in [0.05, 0.1) is 50.4 Å². The van der Waals surface area contributed by atoms with Gasteiger partial charge in [0.1, 0.15) is 11.5 Å². The molecule has 2 aliphatic heterocycles. The van der Waals surface area contributed by atoms with Crippen LogP contribution in [0.15, 0.2) is 110 Å². The van der Waals surface area contributed by atoms with Crippen LogP contribution in [0.3, 0.4) is 0 Å². The lowest BCUT2D eigenvalue weighted by Crippen LogP contribution is -2.29. The van der Waals surface area contributed by atoms with Gasteiger partial charge < -0.3 is 28.7 Å². The molecule has 8 rings (SSSR count). The van der Waals surface area contributed by atoms with E-state index < -0.39 is 23.5 Å². The maximum atomic E-state index is 13.0. The summed E-state index contributed by atoms with van der Waals surface area (Å²) in [5.74, 6) is 2.14. The maximum absolute atomic E-state index is 13.0. The Balaban J connectivity index is 0.000000221. The van der Waals surface area contributed by atoms with Gasteiger partial charge in [-0.1, -0.05) is 62.4 Å². The molecule has 0 saturated heterocycles. The van der Waals surface area contributed by atoms with Gasteiger partial charge >= 0.3 is 24.3 Å². The minimum absolute atomic E-state index is 0.0344. The molecule has 2 aliphatic rings. The summed E-state index contributed by atoms with van der Waals surface area (Å²) in [5.41, 5.74) is 6.18. The van der Waals surface area contributed by atoms with E-state index in [1.165, 1.54) is 38.5 Å². The number of carbonyl (C=O) groups is 2. The molecule has 76 heavy (non-hydrogen) atoms. The Kier molecular flexibility index (Phi) is 19.7. The van der Waals surface area contributed by atoms with Crippen molar-refractivity contribution in [2.75, 3.05) is 37.1 Å². The summed E-state index contributed by atoms with van der Waals surface area (Å²) < 4.78 is 100. The van der Waals surface area contributed by atoms with E-state index in [2.05, 4.69) is 19.9 Å². The fourth-order valence-corrected chi connectivity index (χ4v) is 9.11. The molecular formula is C58H64F6N6O6. The molecule has 0 N–H and O–H groups in total. The lowest BCUT2D eigenvalue weighted by molar-refractivity contribution is -0.140. The topological polar surface area (TPSA) is 129 Å². The summed E-state index contributed by atoms with van der Waals surface area (Å²) in [4.78, 5) is 45.4. The SMILES string of the molecule is CCc1cnc(N(CCCC2CCc3c(CC(=O)OC)cccc3O2)Cc2ccc(C(F)(F)F)cc2)nc1.CCc1cnc(N(CCCC2CCc3ccc(CC(=O)OC)cc3O2)Cc2ccc(C(F)(F)F)cc2)nc1. The second kappa shape index (κ2) is 26.5. The second-order valence-corrected chi connectivity index (χ2v) is 18.9. The molecule has 2 unspecified atom stereocenters. The molecule has 0 fully saturated rings. The maximum Gasteiger partial charge on any atom is 0.416 e. The van der Waals surface area contributed by atoms with Crippen LogP contribution < -0.4 is 19.3 Å². The molecule has 0 saturated carbocycles. The standard InChI is InChI=1S/2C29H32F3N3O3/c1-3-20-17-33-28(34-18-20)35(19-21-9-11-23(12-10-21)29(30,31)32)15-5-7-24-13-14-25-22(16-27(36)37-2)6-4-8-26(25)38-24;1-3-20-17-33-28(34-18-20)35(19-21-7-11-24(12-8-21)29(30,31)32)14-4-5-25-13-10-23-9-6-22(15-26(23)38-25)16-27(36)37-2/h4,6,8-12,17-18,24H,3,5,7,13-16,19H2,1-2H3;6-9,11-12,15,17-18,25H,3-5,10,13-14,16,19H2,1-2H3. The summed E-state index contributed by atoms with van der Waals surface area (Å²) >= 11 is 0. The van der Waals surface area contributed by atoms with Crippen molar-refractivity contribution in [3.05, 3.63) is 165 Å². The third-order valence-corrected chi connectivity index (χ3v) is 13.5. The van der Waals surface area contributed by atoms with Crippen LogP contribution in [0, 0.1) is 0 Å². The van der Waals surface area contributed by atoms with Gasteiger partial charge in [0, 0.05) is 51.0 Å². The van der Waals surface area contributed by atoms with E-state index in [0.29, 0.717) is 38.1 Å². The van der Waals surface area contributed by atoms with E-state index in [1.807, 2.05) is 60.0 Å². The number of anilines is 2. The fraction of sp³-hybridized carbons (Fsp3) is 0.414. The first-order valence-electron chi connectivity index (χ1n) is 25.6. The highest BCUT2D eigenvalue weighted by atomic mass is 19.4. The van der Waals surface area contributed by atoms with Gasteiger partial charge in [-0.25, -0.2) is 19.9 Å². The van der Waals surface area contributed by atoms with Crippen LogP contribution in [0.25, 0.3) is 0 Å². The zero-order valence-electron chi connectivity index (χ0n) is 43.3. The zero-order chi connectivity index (χ0) is 54.2. The molecular weight excluding hydrogens is 991 g/mol. The van der Waals surface area contributed by atoms with Crippen molar-refractivity contribution in [3.8, 4) is 11.5 Å². The first-order chi connectivity index (χ1) is 36.5. The number of fused-ring (bicyclic) bond motifs is 2. The molecule has 0 radical (unpaired) electrons. The average molecular weight is 1060 g/mol. The van der Waals surface area contributed by atoms with E-state index in [1.54, 1.807) is 24.8 Å². The molecule has 404 valence electrons. The van der Waals surface area contributed by atoms with Gasteiger partial charge in [-0.15, -0.1) is 0 Å². The van der Waals surface area contributed by atoms with E-state index in [4.69, 9.17) is 18.9 Å². The first-order valence-corrected chi connectivity index (χ1v) is 25.6. The Morgan fingerprint density at radius 1 is 0.579 bits per heavy atom. The lowest BCUT2D eigenvalue weighted by atomic mass is 9.94. The number of rotatable bonds is 20. The Bertz CT molecular complexity index is 2690. The highest BCUT2D eigenvalue weighted by Crippen LogP contribution is 2.35. The number of methoxy groups -OCH3 is 2. The molecule has 4 heterocycles. The van der Waals surface area contributed by atoms with Crippen LogP contribution in [-0.2, 0) is 83.0 Å². The van der Waals surface area contributed by atoms with E-state index in [-0.39, 0.29) is 37.0 Å². The van der Waals surface area contributed by atoms with Crippen LogP contribution in [-0.4, -0.2) is 71.4 Å².